The zero-order valence-electron chi connectivity index (χ0n) is 14.1. The first-order valence-corrected chi connectivity index (χ1v) is 8.54. The van der Waals surface area contributed by atoms with Crippen molar-refractivity contribution in [3.05, 3.63) is 56.8 Å². The fourth-order valence-electron chi connectivity index (χ4n) is 2.72. The summed E-state index contributed by atoms with van der Waals surface area (Å²) in [6.07, 6.45) is 0. The predicted octanol–water partition coefficient (Wildman–Crippen LogP) is 5.30. The molecular weight excluding hydrogens is 274 g/mol. The minimum atomic E-state index is 0.177. The second kappa shape index (κ2) is 6.33. The van der Waals surface area contributed by atoms with Crippen molar-refractivity contribution in [3.63, 3.8) is 0 Å². The molecule has 114 valence electrons. The van der Waals surface area contributed by atoms with Gasteiger partial charge in [-0.15, -0.1) is 11.3 Å². The maximum atomic E-state index is 3.72. The Morgan fingerprint density at radius 1 is 1.10 bits per heavy atom. The monoisotopic (exact) mass is 301 g/mol. The third kappa shape index (κ3) is 3.75. The molecule has 0 amide bonds. The van der Waals surface area contributed by atoms with E-state index in [2.05, 4.69) is 76.5 Å². The van der Waals surface area contributed by atoms with Gasteiger partial charge in [0.25, 0.3) is 0 Å². The average Bonchev–Trinajstić information content (AvgIpc) is 2.95. The summed E-state index contributed by atoms with van der Waals surface area (Å²) < 4.78 is 0. The van der Waals surface area contributed by atoms with Crippen LogP contribution in [0, 0.1) is 20.8 Å². The number of hydrogen-bond donors (Lipinski definition) is 1. The van der Waals surface area contributed by atoms with Gasteiger partial charge in [-0.25, -0.2) is 0 Å². The maximum absolute atomic E-state index is 3.72. The van der Waals surface area contributed by atoms with E-state index in [1.165, 1.54) is 27.1 Å². The lowest BCUT2D eigenvalue weighted by atomic mass is 9.90. The van der Waals surface area contributed by atoms with Gasteiger partial charge in [0, 0.05) is 22.9 Å². The first-order chi connectivity index (χ1) is 9.81. The average molecular weight is 301 g/mol. The molecule has 0 fully saturated rings. The molecule has 2 rings (SSSR count). The molecule has 1 aromatic heterocycles. The summed E-state index contributed by atoms with van der Waals surface area (Å²) in [5.74, 6) is 0. The number of hydrogen-bond acceptors (Lipinski definition) is 2. The molecule has 0 aliphatic rings. The minimum Gasteiger partial charge on any atom is -0.309 e. The molecule has 0 saturated carbocycles. The SMILES string of the molecule is Cc1cc(C)c(C(C)NCC(C)(C)c2cccs2)cc1C. The zero-order valence-corrected chi connectivity index (χ0v) is 14.9. The second-order valence-electron chi connectivity index (χ2n) is 6.76. The standard InChI is InChI=1S/C19H27NS/c1-13-10-15(3)17(11-14(13)2)16(4)20-12-19(5,6)18-8-7-9-21-18/h7-11,16,20H,12H2,1-6H3. The van der Waals surface area contributed by atoms with E-state index in [0.717, 1.165) is 6.54 Å². The first kappa shape index (κ1) is 16.3. The predicted molar refractivity (Wildman–Crippen MR) is 94.4 cm³/mol. The maximum Gasteiger partial charge on any atom is 0.0294 e. The Balaban J connectivity index is 2.09. The van der Waals surface area contributed by atoms with Crippen molar-refractivity contribution in [1.82, 2.24) is 5.32 Å². The van der Waals surface area contributed by atoms with Crippen molar-refractivity contribution in [1.29, 1.82) is 0 Å². The zero-order chi connectivity index (χ0) is 15.6. The summed E-state index contributed by atoms with van der Waals surface area (Å²) in [7, 11) is 0. The summed E-state index contributed by atoms with van der Waals surface area (Å²) in [5, 5.41) is 5.88. The van der Waals surface area contributed by atoms with Gasteiger partial charge in [0.1, 0.15) is 0 Å². The highest BCUT2D eigenvalue weighted by atomic mass is 32.1. The Kier molecular flexibility index (Phi) is 4.90. The molecule has 0 spiro atoms. The molecular formula is C19H27NS. The van der Waals surface area contributed by atoms with Gasteiger partial charge in [0.15, 0.2) is 0 Å². The van der Waals surface area contributed by atoms with Crippen molar-refractivity contribution in [2.45, 2.75) is 53.0 Å². The van der Waals surface area contributed by atoms with E-state index in [4.69, 9.17) is 0 Å². The van der Waals surface area contributed by atoms with Crippen LogP contribution in [-0.4, -0.2) is 6.54 Å². The van der Waals surface area contributed by atoms with Gasteiger partial charge in [-0.05, 0) is 61.4 Å². The number of nitrogens with one attached hydrogen (secondary N) is 1. The van der Waals surface area contributed by atoms with Gasteiger partial charge in [0.2, 0.25) is 0 Å². The quantitative estimate of drug-likeness (QED) is 0.790. The lowest BCUT2D eigenvalue weighted by Crippen LogP contribution is -2.34. The minimum absolute atomic E-state index is 0.177. The lowest BCUT2D eigenvalue weighted by molar-refractivity contribution is 0.440. The third-order valence-corrected chi connectivity index (χ3v) is 5.62. The third-order valence-electron chi connectivity index (χ3n) is 4.39. The van der Waals surface area contributed by atoms with E-state index in [0.29, 0.717) is 6.04 Å². The van der Waals surface area contributed by atoms with Gasteiger partial charge in [0.05, 0.1) is 0 Å². The summed E-state index contributed by atoms with van der Waals surface area (Å²) in [5.41, 5.74) is 5.73. The van der Waals surface area contributed by atoms with Crippen molar-refractivity contribution >= 4 is 11.3 Å². The second-order valence-corrected chi connectivity index (χ2v) is 7.70. The fourth-order valence-corrected chi connectivity index (χ4v) is 3.57. The van der Waals surface area contributed by atoms with Crippen molar-refractivity contribution in [2.24, 2.45) is 0 Å². The molecule has 1 unspecified atom stereocenters. The Morgan fingerprint density at radius 2 is 1.76 bits per heavy atom. The summed E-state index contributed by atoms with van der Waals surface area (Å²) in [4.78, 5) is 1.44. The van der Waals surface area contributed by atoms with E-state index in [1.54, 1.807) is 0 Å². The molecule has 1 heterocycles. The van der Waals surface area contributed by atoms with Crippen LogP contribution in [0.25, 0.3) is 0 Å². The molecule has 0 aliphatic carbocycles. The molecule has 0 bridgehead atoms. The van der Waals surface area contributed by atoms with Crippen LogP contribution in [0.2, 0.25) is 0 Å². The van der Waals surface area contributed by atoms with Gasteiger partial charge in [-0.1, -0.05) is 32.0 Å². The van der Waals surface area contributed by atoms with Crippen LogP contribution in [0.5, 0.6) is 0 Å². The van der Waals surface area contributed by atoms with Crippen LogP contribution in [-0.2, 0) is 5.41 Å². The van der Waals surface area contributed by atoms with Crippen LogP contribution >= 0.6 is 11.3 Å². The normalized spacial score (nSPS) is 13.4. The number of benzene rings is 1. The topological polar surface area (TPSA) is 12.0 Å². The Morgan fingerprint density at radius 3 is 2.38 bits per heavy atom. The van der Waals surface area contributed by atoms with Gasteiger partial charge >= 0.3 is 0 Å². The van der Waals surface area contributed by atoms with E-state index in [-0.39, 0.29) is 5.41 Å². The highest BCUT2D eigenvalue weighted by molar-refractivity contribution is 7.10. The summed E-state index contributed by atoms with van der Waals surface area (Å²) >= 11 is 1.84. The highest BCUT2D eigenvalue weighted by Crippen LogP contribution is 2.28. The number of rotatable bonds is 5. The first-order valence-electron chi connectivity index (χ1n) is 7.66. The molecule has 0 saturated heterocycles. The Hall–Kier alpha value is -1.12. The van der Waals surface area contributed by atoms with Crippen LogP contribution < -0.4 is 5.32 Å². The van der Waals surface area contributed by atoms with E-state index < -0.39 is 0 Å². The van der Waals surface area contributed by atoms with Crippen LogP contribution in [0.3, 0.4) is 0 Å². The van der Waals surface area contributed by atoms with E-state index in [9.17, 15) is 0 Å². The van der Waals surface area contributed by atoms with Crippen molar-refractivity contribution in [3.8, 4) is 0 Å². The van der Waals surface area contributed by atoms with Gasteiger partial charge in [-0.3, -0.25) is 0 Å². The largest absolute Gasteiger partial charge is 0.309 e. The summed E-state index contributed by atoms with van der Waals surface area (Å²) in [6.45, 7) is 14.5. The molecule has 2 heteroatoms. The number of thiophene rings is 1. The summed E-state index contributed by atoms with van der Waals surface area (Å²) in [6, 6.07) is 9.38. The van der Waals surface area contributed by atoms with Crippen LogP contribution in [0.4, 0.5) is 0 Å². The van der Waals surface area contributed by atoms with Crippen molar-refractivity contribution < 1.29 is 0 Å². The molecule has 0 aliphatic heterocycles. The molecule has 1 aromatic carbocycles. The molecule has 0 radical (unpaired) electrons. The smallest absolute Gasteiger partial charge is 0.0294 e. The van der Waals surface area contributed by atoms with Gasteiger partial charge < -0.3 is 5.32 Å². The molecule has 21 heavy (non-hydrogen) atoms. The Labute approximate surface area is 133 Å². The van der Waals surface area contributed by atoms with E-state index in [1.807, 2.05) is 11.3 Å². The van der Waals surface area contributed by atoms with Crippen LogP contribution in [0.15, 0.2) is 29.6 Å². The highest BCUT2D eigenvalue weighted by Gasteiger charge is 2.22. The molecule has 1 N–H and O–H groups in total. The van der Waals surface area contributed by atoms with E-state index >= 15 is 0 Å². The Bertz CT molecular complexity index is 596. The van der Waals surface area contributed by atoms with Crippen molar-refractivity contribution in [2.75, 3.05) is 6.54 Å². The number of aryl methyl sites for hydroxylation is 3. The lowest BCUT2D eigenvalue weighted by Gasteiger charge is -2.27. The fraction of sp³-hybridized carbons (Fsp3) is 0.474. The van der Waals surface area contributed by atoms with Crippen LogP contribution in [0.1, 0.15) is 53.9 Å². The molecule has 1 atom stereocenters. The van der Waals surface area contributed by atoms with Gasteiger partial charge in [-0.2, -0.15) is 0 Å². The molecule has 2 aromatic rings. The molecule has 1 nitrogen and oxygen atoms in total.